The van der Waals surface area contributed by atoms with Crippen LogP contribution < -0.4 is 9.79 Å². The van der Waals surface area contributed by atoms with Gasteiger partial charge in [-0.2, -0.15) is 0 Å². The Morgan fingerprint density at radius 3 is 1.84 bits per heavy atom. The number of phosphoric ester groups is 1. The number of benzene rings is 1. The predicted molar refractivity (Wildman–Crippen MR) is 206 cm³/mol. The Balaban J connectivity index is 2.43. The second-order valence-corrected chi connectivity index (χ2v) is 16.4. The van der Waals surface area contributed by atoms with Crippen LogP contribution >= 0.6 is 31.0 Å². The average Bonchev–Trinajstić information content (AvgIpc) is 3.06. The zero-order chi connectivity index (χ0) is 36.9. The highest BCUT2D eigenvalue weighted by Crippen LogP contribution is 2.38. The molecule has 50 heavy (non-hydrogen) atoms. The molecule has 0 saturated heterocycles. The number of unbranched alkanes of at least 4 members (excludes halogenated alkanes) is 13. The molecule has 0 amide bonds. The lowest BCUT2D eigenvalue weighted by Gasteiger charge is -2.28. The van der Waals surface area contributed by atoms with Crippen LogP contribution in [0.2, 0.25) is 0 Å². The van der Waals surface area contributed by atoms with E-state index < -0.39 is 19.9 Å². The van der Waals surface area contributed by atoms with Gasteiger partial charge in [0.2, 0.25) is 0 Å². The summed E-state index contributed by atoms with van der Waals surface area (Å²) < 4.78 is 34.5. The zero-order valence-corrected chi connectivity index (χ0v) is 34.1. The highest BCUT2D eigenvalue weighted by molar-refractivity contribution is 7.45. The van der Waals surface area contributed by atoms with Crippen molar-refractivity contribution in [3.8, 4) is 0 Å². The zero-order valence-electron chi connectivity index (χ0n) is 31.7. The minimum Gasteiger partial charge on any atom is -0.756 e. The van der Waals surface area contributed by atoms with Gasteiger partial charge in [-0.25, -0.2) is 0 Å². The molecule has 0 bridgehead atoms. The summed E-state index contributed by atoms with van der Waals surface area (Å²) in [6.07, 6.45) is 18.5. The second kappa shape index (κ2) is 29.5. The van der Waals surface area contributed by atoms with Gasteiger partial charge < -0.3 is 32.8 Å². The van der Waals surface area contributed by atoms with E-state index in [0.29, 0.717) is 42.2 Å². The third kappa shape index (κ3) is 26.8. The molecule has 2 atom stereocenters. The number of aryl methyl sites for hydroxylation is 1. The maximum Gasteiger partial charge on any atom is 0.306 e. The number of hydrogen-bond donors (Lipinski definition) is 0. The third-order valence-electron chi connectivity index (χ3n) is 8.53. The molecule has 1 rings (SSSR count). The number of carbonyl (C=O) groups is 1. The quantitative estimate of drug-likeness (QED) is 0.0226. The number of phosphoric acid groups is 1. The maximum atomic E-state index is 12.8. The fourth-order valence-electron chi connectivity index (χ4n) is 5.50. The lowest BCUT2D eigenvalue weighted by Crippen LogP contribution is -2.37. The maximum absolute atomic E-state index is 12.8. The first-order valence-corrected chi connectivity index (χ1v) is 21.7. The summed E-state index contributed by atoms with van der Waals surface area (Å²) in [6, 6.07) is 8.17. The first kappa shape index (κ1) is 47.1. The van der Waals surface area contributed by atoms with Crippen molar-refractivity contribution in [2.24, 2.45) is 0 Å². The Labute approximate surface area is 314 Å². The van der Waals surface area contributed by atoms with Crippen molar-refractivity contribution >= 4 is 42.7 Å². The van der Waals surface area contributed by atoms with Gasteiger partial charge in [0.1, 0.15) is 19.3 Å². The van der Waals surface area contributed by atoms with Gasteiger partial charge in [-0.3, -0.25) is 9.36 Å². The van der Waals surface area contributed by atoms with Gasteiger partial charge in [-0.15, -0.1) is 23.2 Å². The molecule has 0 N–H and O–H groups in total. The summed E-state index contributed by atoms with van der Waals surface area (Å²) in [4.78, 5) is 27.3. The minimum atomic E-state index is -4.56. The Morgan fingerprint density at radius 2 is 1.32 bits per heavy atom. The van der Waals surface area contributed by atoms with Crippen LogP contribution in [0, 0.1) is 0 Å². The van der Waals surface area contributed by atoms with Gasteiger partial charge in [0.05, 0.1) is 34.4 Å². The highest BCUT2D eigenvalue weighted by atomic mass is 35.5. The Hall–Kier alpha value is -0.900. The number of hydrogen-bond acceptors (Lipinski definition) is 8. The fourth-order valence-corrected chi connectivity index (χ4v) is 6.63. The van der Waals surface area contributed by atoms with Gasteiger partial charge in [-0.1, -0.05) is 103 Å². The van der Waals surface area contributed by atoms with Crippen molar-refractivity contribution in [2.45, 2.75) is 122 Å². The Morgan fingerprint density at radius 1 is 0.780 bits per heavy atom. The van der Waals surface area contributed by atoms with E-state index in [1.165, 1.54) is 77.0 Å². The average molecular weight is 768 g/mol. The van der Waals surface area contributed by atoms with Crippen molar-refractivity contribution in [2.75, 3.05) is 83.9 Å². The van der Waals surface area contributed by atoms with Gasteiger partial charge >= 0.3 is 5.97 Å². The molecule has 0 aliphatic rings. The van der Waals surface area contributed by atoms with Crippen molar-refractivity contribution < 1.29 is 37.3 Å². The first-order valence-electron chi connectivity index (χ1n) is 19.1. The predicted octanol–water partition coefficient (Wildman–Crippen LogP) is 8.91. The topological polar surface area (TPSA) is 97.4 Å². The van der Waals surface area contributed by atoms with Crippen molar-refractivity contribution in [1.82, 2.24) is 0 Å². The van der Waals surface area contributed by atoms with E-state index in [1.54, 1.807) is 0 Å². The Bertz CT molecular complexity index is 1010. The molecule has 12 heteroatoms. The van der Waals surface area contributed by atoms with E-state index in [1.807, 2.05) is 45.4 Å². The van der Waals surface area contributed by atoms with E-state index in [-0.39, 0.29) is 26.2 Å². The van der Waals surface area contributed by atoms with Gasteiger partial charge in [0, 0.05) is 43.6 Å². The lowest BCUT2D eigenvalue weighted by atomic mass is 10.0. The van der Waals surface area contributed by atoms with Crippen LogP contribution in [-0.2, 0) is 34.3 Å². The Kier molecular flexibility index (Phi) is 27.8. The van der Waals surface area contributed by atoms with Crippen LogP contribution in [0.4, 0.5) is 5.69 Å². The van der Waals surface area contributed by atoms with Crippen LogP contribution in [0.5, 0.6) is 0 Å². The molecule has 0 heterocycles. The fraction of sp³-hybridized carbons (Fsp3) is 0.816. The van der Waals surface area contributed by atoms with Crippen LogP contribution in [-0.4, -0.2) is 95.5 Å². The van der Waals surface area contributed by atoms with E-state index in [2.05, 4.69) is 11.8 Å². The number of likely N-dealkylation sites (N-methyl/N-ethyl adjacent to an activating group) is 1. The number of halogens is 2. The highest BCUT2D eigenvalue weighted by Gasteiger charge is 2.20. The lowest BCUT2D eigenvalue weighted by molar-refractivity contribution is -0.870. The molecule has 0 saturated carbocycles. The molecule has 292 valence electrons. The summed E-state index contributed by atoms with van der Waals surface area (Å²) in [7, 11) is 1.27. The number of anilines is 1. The molecule has 0 aromatic heterocycles. The SMILES string of the molecule is CCCCCCCCCCCCCCCCOC[C@H](COP(=O)([O-])OCC[N+](C)(C)C)OC(=O)CCCc1ccc(N(CCCl)CCCl)cc1. The molecule has 9 nitrogen and oxygen atoms in total. The smallest absolute Gasteiger partial charge is 0.306 e. The monoisotopic (exact) mass is 766 g/mol. The second-order valence-electron chi connectivity index (χ2n) is 14.3. The number of esters is 1. The van der Waals surface area contributed by atoms with E-state index in [4.69, 9.17) is 41.7 Å². The molecule has 0 aliphatic heterocycles. The van der Waals surface area contributed by atoms with Gasteiger partial charge in [0.25, 0.3) is 7.82 Å². The normalized spacial score (nSPS) is 13.7. The molecule has 1 aromatic rings. The van der Waals surface area contributed by atoms with E-state index in [9.17, 15) is 14.3 Å². The number of alkyl halides is 2. The van der Waals surface area contributed by atoms with Gasteiger partial charge in [-0.05, 0) is 37.0 Å². The number of quaternary nitrogens is 1. The minimum absolute atomic E-state index is 0.00276. The third-order valence-corrected chi connectivity index (χ3v) is 9.83. The summed E-state index contributed by atoms with van der Waals surface area (Å²) in [5.41, 5.74) is 2.16. The number of nitrogens with zero attached hydrogens (tertiary/aromatic N) is 2. The largest absolute Gasteiger partial charge is 0.756 e. The first-order chi connectivity index (χ1) is 24.0. The molecular formula is C38H69Cl2N2O7P. The van der Waals surface area contributed by atoms with Crippen LogP contribution in [0.3, 0.4) is 0 Å². The molecule has 0 fully saturated rings. The molecule has 1 unspecified atom stereocenters. The van der Waals surface area contributed by atoms with E-state index >= 15 is 0 Å². The molecule has 0 aliphatic carbocycles. The van der Waals surface area contributed by atoms with Crippen molar-refractivity contribution in [3.05, 3.63) is 29.8 Å². The summed E-state index contributed by atoms with van der Waals surface area (Å²) in [6.45, 7) is 4.43. The van der Waals surface area contributed by atoms with Crippen LogP contribution in [0.25, 0.3) is 0 Å². The number of ether oxygens (including phenoxy) is 2. The van der Waals surface area contributed by atoms with E-state index in [0.717, 1.165) is 37.2 Å². The number of rotatable bonds is 34. The molecule has 0 spiro atoms. The molecule has 0 radical (unpaired) electrons. The van der Waals surface area contributed by atoms with Crippen molar-refractivity contribution in [1.29, 1.82) is 0 Å². The van der Waals surface area contributed by atoms with Crippen molar-refractivity contribution in [3.63, 3.8) is 0 Å². The summed E-state index contributed by atoms with van der Waals surface area (Å²) in [5.74, 6) is 0.623. The van der Waals surface area contributed by atoms with Gasteiger partial charge in [0.15, 0.2) is 0 Å². The number of carbonyl (C=O) groups excluding carboxylic acids is 1. The standard InChI is InChI=1S/C38H69Cl2N2O7P/c1-5-6-7-8-9-10-11-12-13-14-15-16-17-18-31-46-33-37(34-48-50(44,45)47-32-30-42(2,3)4)49-38(43)21-19-20-35-22-24-36(25-23-35)41(28-26-39)29-27-40/h22-25,37H,5-21,26-34H2,1-4H3/t37-/m1/s1. The molecular weight excluding hydrogens is 698 g/mol. The van der Waals surface area contributed by atoms with Crippen LogP contribution in [0.1, 0.15) is 115 Å². The molecule has 1 aromatic carbocycles. The summed E-state index contributed by atoms with van der Waals surface area (Å²) in [5, 5.41) is 0. The summed E-state index contributed by atoms with van der Waals surface area (Å²) >= 11 is 11.9. The van der Waals surface area contributed by atoms with Crippen LogP contribution in [0.15, 0.2) is 24.3 Å².